The average Bonchev–Trinajstić information content (AvgIpc) is 3.04. The molecule has 1 aliphatic rings. The number of aromatic nitrogens is 1. The molecule has 0 saturated carbocycles. The van der Waals surface area contributed by atoms with E-state index in [-0.39, 0.29) is 0 Å². The minimum absolute atomic E-state index is 0.474. The lowest BCUT2D eigenvalue weighted by Crippen LogP contribution is -2.26. The van der Waals surface area contributed by atoms with E-state index >= 15 is 0 Å². The third-order valence-electron chi connectivity index (χ3n) is 3.72. The maximum Gasteiger partial charge on any atom is 0.211 e. The van der Waals surface area contributed by atoms with Crippen molar-refractivity contribution in [1.29, 1.82) is 0 Å². The second kappa shape index (κ2) is 7.38. The van der Waals surface area contributed by atoms with Crippen molar-refractivity contribution in [2.24, 2.45) is 0 Å². The monoisotopic (exact) mass is 317 g/mol. The van der Waals surface area contributed by atoms with Gasteiger partial charge in [0.15, 0.2) is 0 Å². The van der Waals surface area contributed by atoms with Gasteiger partial charge in [-0.15, -0.1) is 11.3 Å². The number of rotatable bonds is 6. The molecule has 1 aromatic heterocycles. The third-order valence-corrected chi connectivity index (χ3v) is 4.78. The van der Waals surface area contributed by atoms with E-state index in [2.05, 4.69) is 16.0 Å². The molecule has 1 aromatic carbocycles. The Morgan fingerprint density at radius 3 is 2.82 bits per heavy atom. The number of carbonyl (C=O) groups is 1. The Balaban J connectivity index is 1.54. The molecular weight excluding hydrogens is 298 g/mol. The number of nitrogens with zero attached hydrogens (tertiary/aromatic N) is 1. The van der Waals surface area contributed by atoms with E-state index < -0.39 is 0 Å². The van der Waals surface area contributed by atoms with Gasteiger partial charge in [-0.1, -0.05) is 0 Å². The van der Waals surface area contributed by atoms with Crippen LogP contribution < -0.4 is 15.4 Å². The Bertz CT molecular complexity index is 606. The summed E-state index contributed by atoms with van der Waals surface area (Å²) < 4.78 is 5.74. The van der Waals surface area contributed by atoms with Crippen molar-refractivity contribution in [3.05, 3.63) is 40.3 Å². The number of carbonyl (C=O) groups excluding carboxylic acids is 1. The Morgan fingerprint density at radius 1 is 1.32 bits per heavy atom. The molecule has 0 unspecified atom stereocenters. The maximum absolute atomic E-state index is 10.3. The van der Waals surface area contributed by atoms with Crippen LogP contribution in [-0.4, -0.2) is 24.5 Å². The number of hydrogen-bond acceptors (Lipinski definition) is 5. The van der Waals surface area contributed by atoms with Crippen molar-refractivity contribution in [2.45, 2.75) is 25.4 Å². The lowest BCUT2D eigenvalue weighted by molar-refractivity contribution is -0.105. The van der Waals surface area contributed by atoms with Gasteiger partial charge in [0.2, 0.25) is 6.41 Å². The molecule has 0 spiro atoms. The SMILES string of the molecule is O=CNc1ccc(OCc2csc(C3CCNCC3)n2)cc1. The molecule has 5 nitrogen and oxygen atoms in total. The van der Waals surface area contributed by atoms with Crippen LogP contribution in [0.3, 0.4) is 0 Å². The number of piperidine rings is 1. The second-order valence-electron chi connectivity index (χ2n) is 5.28. The van der Waals surface area contributed by atoms with Crippen molar-refractivity contribution in [2.75, 3.05) is 18.4 Å². The lowest BCUT2D eigenvalue weighted by atomic mass is 9.99. The largest absolute Gasteiger partial charge is 0.487 e. The minimum Gasteiger partial charge on any atom is -0.487 e. The first-order valence-corrected chi connectivity index (χ1v) is 8.31. The summed E-state index contributed by atoms with van der Waals surface area (Å²) in [5.41, 5.74) is 1.73. The maximum atomic E-state index is 10.3. The summed E-state index contributed by atoms with van der Waals surface area (Å²) in [7, 11) is 0. The molecule has 2 aromatic rings. The molecule has 0 radical (unpaired) electrons. The van der Waals surface area contributed by atoms with E-state index in [0.717, 1.165) is 30.2 Å². The zero-order chi connectivity index (χ0) is 15.2. The quantitative estimate of drug-likeness (QED) is 0.804. The zero-order valence-corrected chi connectivity index (χ0v) is 13.1. The predicted molar refractivity (Wildman–Crippen MR) is 87.4 cm³/mol. The normalized spacial score (nSPS) is 15.5. The molecule has 3 rings (SSSR count). The van der Waals surface area contributed by atoms with Gasteiger partial charge in [0.1, 0.15) is 12.4 Å². The number of benzene rings is 1. The van der Waals surface area contributed by atoms with Crippen LogP contribution in [0.2, 0.25) is 0 Å². The fourth-order valence-corrected chi connectivity index (χ4v) is 3.49. The van der Waals surface area contributed by atoms with Crippen LogP contribution in [0, 0.1) is 0 Å². The van der Waals surface area contributed by atoms with Gasteiger partial charge < -0.3 is 15.4 Å². The highest BCUT2D eigenvalue weighted by Gasteiger charge is 2.18. The standard InChI is InChI=1S/C16H19N3O2S/c20-11-18-13-1-3-15(4-2-13)21-9-14-10-22-16(19-14)12-5-7-17-8-6-12/h1-4,10-12,17H,5-9H2,(H,18,20). The van der Waals surface area contributed by atoms with Gasteiger partial charge in [-0.3, -0.25) is 4.79 Å². The molecule has 1 amide bonds. The van der Waals surface area contributed by atoms with Crippen molar-refractivity contribution < 1.29 is 9.53 Å². The van der Waals surface area contributed by atoms with Gasteiger partial charge in [0.25, 0.3) is 0 Å². The van der Waals surface area contributed by atoms with Crippen LogP contribution >= 0.6 is 11.3 Å². The van der Waals surface area contributed by atoms with Crippen LogP contribution in [-0.2, 0) is 11.4 Å². The molecule has 0 aliphatic carbocycles. The van der Waals surface area contributed by atoms with Gasteiger partial charge in [-0.2, -0.15) is 0 Å². The van der Waals surface area contributed by atoms with E-state index in [9.17, 15) is 4.79 Å². The predicted octanol–water partition coefficient (Wildman–Crippen LogP) is 2.76. The molecule has 2 N–H and O–H groups in total. The number of thiazole rings is 1. The highest BCUT2D eigenvalue weighted by molar-refractivity contribution is 7.09. The fraction of sp³-hybridized carbons (Fsp3) is 0.375. The molecule has 2 heterocycles. The van der Waals surface area contributed by atoms with Crippen LogP contribution in [0.1, 0.15) is 29.5 Å². The first-order chi connectivity index (χ1) is 10.8. The first kappa shape index (κ1) is 15.0. The lowest BCUT2D eigenvalue weighted by Gasteiger charge is -2.20. The van der Waals surface area contributed by atoms with E-state index in [0.29, 0.717) is 18.9 Å². The highest BCUT2D eigenvalue weighted by atomic mass is 32.1. The van der Waals surface area contributed by atoms with Crippen LogP contribution in [0.15, 0.2) is 29.6 Å². The summed E-state index contributed by atoms with van der Waals surface area (Å²) in [4.78, 5) is 15.1. The molecule has 1 saturated heterocycles. The molecule has 1 fully saturated rings. The molecule has 0 bridgehead atoms. The summed E-state index contributed by atoms with van der Waals surface area (Å²) in [5.74, 6) is 1.36. The van der Waals surface area contributed by atoms with Gasteiger partial charge >= 0.3 is 0 Å². The zero-order valence-electron chi connectivity index (χ0n) is 12.2. The van der Waals surface area contributed by atoms with Crippen molar-refractivity contribution >= 4 is 23.4 Å². The number of amides is 1. The smallest absolute Gasteiger partial charge is 0.211 e. The third kappa shape index (κ3) is 3.84. The number of nitrogens with one attached hydrogen (secondary N) is 2. The van der Waals surface area contributed by atoms with Crippen molar-refractivity contribution in [3.8, 4) is 5.75 Å². The van der Waals surface area contributed by atoms with Crippen LogP contribution in [0.5, 0.6) is 5.75 Å². The van der Waals surface area contributed by atoms with E-state index in [1.54, 1.807) is 11.3 Å². The Morgan fingerprint density at radius 2 is 2.09 bits per heavy atom. The Kier molecular flexibility index (Phi) is 5.03. The summed E-state index contributed by atoms with van der Waals surface area (Å²) in [6.45, 7) is 2.64. The van der Waals surface area contributed by atoms with Crippen molar-refractivity contribution in [3.63, 3.8) is 0 Å². The Hall–Kier alpha value is -1.92. The second-order valence-corrected chi connectivity index (χ2v) is 6.17. The first-order valence-electron chi connectivity index (χ1n) is 7.43. The van der Waals surface area contributed by atoms with Gasteiger partial charge in [-0.25, -0.2) is 4.98 Å². The molecule has 1 aliphatic heterocycles. The van der Waals surface area contributed by atoms with Gasteiger partial charge in [0.05, 0.1) is 10.7 Å². The van der Waals surface area contributed by atoms with E-state index in [1.807, 2.05) is 24.3 Å². The van der Waals surface area contributed by atoms with Crippen LogP contribution in [0.4, 0.5) is 5.69 Å². The van der Waals surface area contributed by atoms with Crippen LogP contribution in [0.25, 0.3) is 0 Å². The minimum atomic E-state index is 0.474. The topological polar surface area (TPSA) is 63.2 Å². The summed E-state index contributed by atoms with van der Waals surface area (Å²) >= 11 is 1.73. The van der Waals surface area contributed by atoms with Gasteiger partial charge in [-0.05, 0) is 50.2 Å². The molecule has 22 heavy (non-hydrogen) atoms. The summed E-state index contributed by atoms with van der Waals surface area (Å²) in [5, 5.41) is 9.28. The van der Waals surface area contributed by atoms with Gasteiger partial charge in [0, 0.05) is 17.0 Å². The number of ether oxygens (including phenoxy) is 1. The van der Waals surface area contributed by atoms with Crippen molar-refractivity contribution in [1.82, 2.24) is 10.3 Å². The molecule has 6 heteroatoms. The molecule has 116 valence electrons. The molecule has 0 atom stereocenters. The molecular formula is C16H19N3O2S. The number of hydrogen-bond donors (Lipinski definition) is 2. The fourth-order valence-electron chi connectivity index (χ4n) is 2.52. The number of anilines is 1. The summed E-state index contributed by atoms with van der Waals surface area (Å²) in [6, 6.07) is 7.30. The van der Waals surface area contributed by atoms with E-state index in [4.69, 9.17) is 9.72 Å². The Labute approximate surface area is 133 Å². The highest BCUT2D eigenvalue weighted by Crippen LogP contribution is 2.28. The average molecular weight is 317 g/mol. The summed E-state index contributed by atoms with van der Waals surface area (Å²) in [6.07, 6.45) is 2.99. The van der Waals surface area contributed by atoms with E-state index in [1.165, 1.54) is 17.8 Å².